The summed E-state index contributed by atoms with van der Waals surface area (Å²) in [6.07, 6.45) is 4.04. The molecule has 0 saturated heterocycles. The van der Waals surface area contributed by atoms with Gasteiger partial charge >= 0.3 is 6.03 Å². The van der Waals surface area contributed by atoms with Crippen LogP contribution in [0.5, 0.6) is 0 Å². The van der Waals surface area contributed by atoms with Crippen LogP contribution in [0.1, 0.15) is 31.2 Å². The van der Waals surface area contributed by atoms with Gasteiger partial charge in [-0.3, -0.25) is 10.1 Å². The fourth-order valence-corrected chi connectivity index (χ4v) is 2.27. The number of nitriles is 1. The summed E-state index contributed by atoms with van der Waals surface area (Å²) >= 11 is 0. The maximum Gasteiger partial charge on any atom is 0.319 e. The molecule has 0 aliphatic heterocycles. The molecule has 1 aliphatic carbocycles. The zero-order chi connectivity index (χ0) is 14.5. The predicted octanol–water partition coefficient (Wildman–Crippen LogP) is 2.53. The molecule has 7 nitrogen and oxygen atoms in total. The molecule has 1 aliphatic rings. The van der Waals surface area contributed by atoms with Crippen molar-refractivity contribution in [3.8, 4) is 6.07 Å². The largest absolute Gasteiger partial charge is 0.335 e. The van der Waals surface area contributed by atoms with Crippen LogP contribution < -0.4 is 10.6 Å². The van der Waals surface area contributed by atoms with Crippen molar-refractivity contribution in [2.24, 2.45) is 0 Å². The van der Waals surface area contributed by atoms with Crippen LogP contribution >= 0.6 is 0 Å². The molecule has 2 N–H and O–H groups in total. The molecule has 0 radical (unpaired) electrons. The van der Waals surface area contributed by atoms with E-state index in [-0.39, 0.29) is 23.0 Å². The molecular weight excluding hydrogens is 260 g/mol. The van der Waals surface area contributed by atoms with E-state index in [4.69, 9.17) is 5.26 Å². The molecular formula is C13H14N4O3. The first-order valence-electron chi connectivity index (χ1n) is 6.36. The van der Waals surface area contributed by atoms with E-state index in [0.717, 1.165) is 31.7 Å². The molecule has 7 heteroatoms. The van der Waals surface area contributed by atoms with Crippen molar-refractivity contribution in [1.82, 2.24) is 5.32 Å². The second-order valence-corrected chi connectivity index (χ2v) is 4.68. The molecule has 0 bridgehead atoms. The number of carbonyl (C=O) groups is 1. The quantitative estimate of drug-likeness (QED) is 0.652. The molecule has 20 heavy (non-hydrogen) atoms. The Morgan fingerprint density at radius 3 is 2.70 bits per heavy atom. The van der Waals surface area contributed by atoms with E-state index in [1.165, 1.54) is 12.1 Å². The Labute approximate surface area is 115 Å². The number of anilines is 1. The van der Waals surface area contributed by atoms with Gasteiger partial charge in [-0.15, -0.1) is 0 Å². The third-order valence-electron chi connectivity index (χ3n) is 3.26. The fourth-order valence-electron chi connectivity index (χ4n) is 2.27. The van der Waals surface area contributed by atoms with Crippen LogP contribution in [0.25, 0.3) is 0 Å². The van der Waals surface area contributed by atoms with Crippen LogP contribution in [0.15, 0.2) is 18.2 Å². The highest BCUT2D eigenvalue weighted by Crippen LogP contribution is 2.25. The summed E-state index contributed by atoms with van der Waals surface area (Å²) in [5, 5.41) is 24.9. The highest BCUT2D eigenvalue weighted by molar-refractivity contribution is 5.92. The summed E-state index contributed by atoms with van der Waals surface area (Å²) in [4.78, 5) is 22.1. The number of rotatable bonds is 3. The Morgan fingerprint density at radius 2 is 2.10 bits per heavy atom. The molecule has 0 aromatic heterocycles. The van der Waals surface area contributed by atoms with Crippen molar-refractivity contribution in [1.29, 1.82) is 5.26 Å². The van der Waals surface area contributed by atoms with Crippen LogP contribution in [-0.4, -0.2) is 17.0 Å². The van der Waals surface area contributed by atoms with E-state index in [1.807, 2.05) is 6.07 Å². The van der Waals surface area contributed by atoms with Gasteiger partial charge in [-0.2, -0.15) is 5.26 Å². The van der Waals surface area contributed by atoms with Crippen molar-refractivity contribution < 1.29 is 9.72 Å². The summed E-state index contributed by atoms with van der Waals surface area (Å²) in [5.74, 6) is 0. The molecule has 2 amide bonds. The first-order chi connectivity index (χ1) is 9.60. The topological polar surface area (TPSA) is 108 Å². The van der Waals surface area contributed by atoms with Crippen molar-refractivity contribution in [3.63, 3.8) is 0 Å². The highest BCUT2D eigenvalue weighted by Gasteiger charge is 2.20. The van der Waals surface area contributed by atoms with Crippen molar-refractivity contribution in [2.75, 3.05) is 5.32 Å². The minimum Gasteiger partial charge on any atom is -0.335 e. The molecule has 0 heterocycles. The minimum atomic E-state index is -0.619. The smallest absolute Gasteiger partial charge is 0.319 e. The number of amides is 2. The Balaban J connectivity index is 2.10. The van der Waals surface area contributed by atoms with Gasteiger partial charge in [0.1, 0.15) is 5.69 Å². The number of nitro benzene ring substituents is 1. The normalized spacial score (nSPS) is 14.6. The van der Waals surface area contributed by atoms with Gasteiger partial charge in [0.05, 0.1) is 16.6 Å². The Morgan fingerprint density at radius 1 is 1.40 bits per heavy atom. The van der Waals surface area contributed by atoms with Gasteiger partial charge in [0, 0.05) is 12.1 Å². The Bertz CT molecular complexity index is 573. The Kier molecular flexibility index (Phi) is 4.15. The number of nitrogens with zero attached hydrogens (tertiary/aromatic N) is 2. The molecule has 0 atom stereocenters. The van der Waals surface area contributed by atoms with E-state index in [1.54, 1.807) is 0 Å². The average molecular weight is 274 g/mol. The van der Waals surface area contributed by atoms with E-state index in [9.17, 15) is 14.9 Å². The molecule has 2 rings (SSSR count). The second-order valence-electron chi connectivity index (χ2n) is 4.68. The van der Waals surface area contributed by atoms with Gasteiger partial charge in [-0.1, -0.05) is 12.8 Å². The molecule has 1 aromatic rings. The standard InChI is InChI=1S/C13H14N4O3/c14-8-9-5-6-11(12(7-9)17(19)20)16-13(18)15-10-3-1-2-4-10/h5-7,10H,1-4H2,(H2,15,16,18). The summed E-state index contributed by atoms with van der Waals surface area (Å²) in [7, 11) is 0. The first kappa shape index (κ1) is 13.8. The lowest BCUT2D eigenvalue weighted by atomic mass is 10.2. The van der Waals surface area contributed by atoms with E-state index >= 15 is 0 Å². The van der Waals surface area contributed by atoms with Gasteiger partial charge in [0.15, 0.2) is 0 Å². The van der Waals surface area contributed by atoms with Gasteiger partial charge in [0.2, 0.25) is 0 Å². The van der Waals surface area contributed by atoms with Crippen LogP contribution in [-0.2, 0) is 0 Å². The van der Waals surface area contributed by atoms with E-state index in [0.29, 0.717) is 0 Å². The van der Waals surface area contributed by atoms with Gasteiger partial charge in [-0.25, -0.2) is 4.79 Å². The Hall–Kier alpha value is -2.62. The van der Waals surface area contributed by atoms with E-state index in [2.05, 4.69) is 10.6 Å². The lowest BCUT2D eigenvalue weighted by Gasteiger charge is -2.13. The van der Waals surface area contributed by atoms with Crippen molar-refractivity contribution in [3.05, 3.63) is 33.9 Å². The average Bonchev–Trinajstić information content (AvgIpc) is 2.91. The van der Waals surface area contributed by atoms with Crippen molar-refractivity contribution >= 4 is 17.4 Å². The summed E-state index contributed by atoms with van der Waals surface area (Å²) in [5.41, 5.74) is -0.0198. The molecule has 0 unspecified atom stereocenters. The number of nitro groups is 1. The monoisotopic (exact) mass is 274 g/mol. The molecule has 1 fully saturated rings. The predicted molar refractivity (Wildman–Crippen MR) is 72.2 cm³/mol. The summed E-state index contributed by atoms with van der Waals surface area (Å²) in [6, 6.07) is 5.45. The maximum atomic E-state index is 11.8. The highest BCUT2D eigenvalue weighted by atomic mass is 16.6. The number of carbonyl (C=O) groups excluding carboxylic acids is 1. The van der Waals surface area contributed by atoms with Crippen molar-refractivity contribution in [2.45, 2.75) is 31.7 Å². The van der Waals surface area contributed by atoms with Crippen LogP contribution in [0.4, 0.5) is 16.2 Å². The number of hydrogen-bond acceptors (Lipinski definition) is 4. The lowest BCUT2D eigenvalue weighted by Crippen LogP contribution is -2.36. The number of benzene rings is 1. The second kappa shape index (κ2) is 6.02. The molecule has 104 valence electrons. The van der Waals surface area contributed by atoms with Crippen LogP contribution in [0.2, 0.25) is 0 Å². The van der Waals surface area contributed by atoms with Gasteiger partial charge in [0.25, 0.3) is 5.69 Å². The number of nitrogens with one attached hydrogen (secondary N) is 2. The van der Waals surface area contributed by atoms with Crippen LogP contribution in [0, 0.1) is 21.4 Å². The lowest BCUT2D eigenvalue weighted by molar-refractivity contribution is -0.383. The van der Waals surface area contributed by atoms with Gasteiger partial charge in [-0.05, 0) is 25.0 Å². The SMILES string of the molecule is N#Cc1ccc(NC(=O)NC2CCCC2)c([N+](=O)[O-])c1. The summed E-state index contributed by atoms with van der Waals surface area (Å²) < 4.78 is 0. The zero-order valence-corrected chi connectivity index (χ0v) is 10.8. The number of hydrogen-bond donors (Lipinski definition) is 2. The maximum absolute atomic E-state index is 11.8. The fraction of sp³-hybridized carbons (Fsp3) is 0.385. The zero-order valence-electron chi connectivity index (χ0n) is 10.8. The van der Waals surface area contributed by atoms with Crippen LogP contribution in [0.3, 0.4) is 0 Å². The van der Waals surface area contributed by atoms with Gasteiger partial charge < -0.3 is 10.6 Å². The third-order valence-corrected chi connectivity index (χ3v) is 3.26. The minimum absolute atomic E-state index is 0.0875. The molecule has 1 aromatic carbocycles. The summed E-state index contributed by atoms with van der Waals surface area (Å²) in [6.45, 7) is 0. The first-order valence-corrected chi connectivity index (χ1v) is 6.36. The number of urea groups is 1. The molecule has 1 saturated carbocycles. The molecule has 0 spiro atoms. The third kappa shape index (κ3) is 3.23. The van der Waals surface area contributed by atoms with E-state index < -0.39 is 11.0 Å².